The third-order valence-corrected chi connectivity index (χ3v) is 5.23. The average molecular weight is 375 g/mol. The number of methoxy groups -OCH3 is 1. The zero-order chi connectivity index (χ0) is 17.5. The third-order valence-electron chi connectivity index (χ3n) is 3.34. The molecule has 0 aliphatic heterocycles. The van der Waals surface area contributed by atoms with Crippen LogP contribution in [0.3, 0.4) is 0 Å². The molecule has 0 aliphatic rings. The van der Waals surface area contributed by atoms with Crippen LogP contribution in [0.15, 0.2) is 46.9 Å². The molecule has 1 amide bonds. The highest BCUT2D eigenvalue weighted by Crippen LogP contribution is 2.19. The van der Waals surface area contributed by atoms with Gasteiger partial charge in [-0.25, -0.2) is 4.68 Å². The summed E-state index contributed by atoms with van der Waals surface area (Å²) < 4.78 is 6.87. The monoisotopic (exact) mass is 375 g/mol. The van der Waals surface area contributed by atoms with Crippen LogP contribution < -0.4 is 10.1 Å². The van der Waals surface area contributed by atoms with Crippen molar-refractivity contribution in [2.75, 3.05) is 18.2 Å². The highest BCUT2D eigenvalue weighted by molar-refractivity contribution is 7.99. The summed E-state index contributed by atoms with van der Waals surface area (Å²) in [4.78, 5) is 13.4. The Balaban J connectivity index is 1.51. The molecule has 3 aromatic rings. The Morgan fingerprint density at radius 2 is 2.28 bits per heavy atom. The maximum Gasteiger partial charge on any atom is 0.234 e. The Kier molecular flexibility index (Phi) is 6.02. The van der Waals surface area contributed by atoms with Crippen molar-refractivity contribution in [1.29, 1.82) is 0 Å². The number of carbonyl (C=O) groups excluding carboxylic acids is 1. The first-order chi connectivity index (χ1) is 12.2. The molecule has 2 heterocycles. The second-order valence-electron chi connectivity index (χ2n) is 5.08. The van der Waals surface area contributed by atoms with E-state index in [4.69, 9.17) is 4.74 Å². The highest BCUT2D eigenvalue weighted by Gasteiger charge is 2.11. The molecule has 7 nitrogen and oxygen atoms in total. The molecule has 3 rings (SSSR count). The molecule has 130 valence electrons. The maximum atomic E-state index is 12.1. The van der Waals surface area contributed by atoms with Gasteiger partial charge in [0, 0.05) is 23.1 Å². The van der Waals surface area contributed by atoms with Crippen molar-refractivity contribution in [2.45, 2.75) is 18.1 Å². The van der Waals surface area contributed by atoms with Crippen molar-refractivity contribution in [3.63, 3.8) is 0 Å². The van der Waals surface area contributed by atoms with Gasteiger partial charge in [0.25, 0.3) is 0 Å². The van der Waals surface area contributed by atoms with Crippen molar-refractivity contribution < 1.29 is 9.53 Å². The number of carbonyl (C=O) groups is 1. The number of tetrazole rings is 1. The molecule has 0 saturated heterocycles. The minimum Gasteiger partial charge on any atom is -0.497 e. The second-order valence-corrected chi connectivity index (χ2v) is 7.06. The number of hydrogen-bond acceptors (Lipinski definition) is 7. The number of thiophene rings is 1. The van der Waals surface area contributed by atoms with Crippen molar-refractivity contribution in [3.8, 4) is 5.75 Å². The van der Waals surface area contributed by atoms with E-state index in [1.54, 1.807) is 29.2 Å². The molecule has 0 unspecified atom stereocenters. The fourth-order valence-electron chi connectivity index (χ4n) is 2.14. The lowest BCUT2D eigenvalue weighted by atomic mass is 10.3. The predicted molar refractivity (Wildman–Crippen MR) is 98.2 cm³/mol. The minimum absolute atomic E-state index is 0.119. The largest absolute Gasteiger partial charge is 0.497 e. The van der Waals surface area contributed by atoms with E-state index >= 15 is 0 Å². The number of anilines is 1. The lowest BCUT2D eigenvalue weighted by Gasteiger charge is -2.07. The molecule has 0 atom stereocenters. The van der Waals surface area contributed by atoms with E-state index in [0.717, 1.165) is 6.42 Å². The van der Waals surface area contributed by atoms with Gasteiger partial charge in [-0.3, -0.25) is 4.79 Å². The molecule has 0 radical (unpaired) electrons. The lowest BCUT2D eigenvalue weighted by molar-refractivity contribution is -0.113. The molecule has 0 bridgehead atoms. The van der Waals surface area contributed by atoms with Crippen LogP contribution in [0.4, 0.5) is 5.69 Å². The van der Waals surface area contributed by atoms with Crippen LogP contribution in [0, 0.1) is 0 Å². The third kappa shape index (κ3) is 5.04. The smallest absolute Gasteiger partial charge is 0.234 e. The fourth-order valence-corrected chi connectivity index (χ4v) is 3.54. The van der Waals surface area contributed by atoms with Gasteiger partial charge in [-0.15, -0.1) is 16.4 Å². The molecule has 1 aromatic carbocycles. The molecule has 0 aliphatic carbocycles. The molecule has 0 saturated carbocycles. The van der Waals surface area contributed by atoms with Crippen molar-refractivity contribution in [2.24, 2.45) is 0 Å². The van der Waals surface area contributed by atoms with E-state index in [2.05, 4.69) is 26.9 Å². The number of nitrogens with zero attached hydrogens (tertiary/aromatic N) is 4. The molecule has 2 aromatic heterocycles. The molecular weight excluding hydrogens is 358 g/mol. The van der Waals surface area contributed by atoms with Crippen molar-refractivity contribution in [1.82, 2.24) is 20.2 Å². The average Bonchev–Trinajstić information content (AvgIpc) is 3.30. The van der Waals surface area contributed by atoms with Crippen molar-refractivity contribution >= 4 is 34.7 Å². The van der Waals surface area contributed by atoms with Gasteiger partial charge in [0.15, 0.2) is 0 Å². The van der Waals surface area contributed by atoms with E-state index in [0.29, 0.717) is 23.1 Å². The quantitative estimate of drug-likeness (QED) is 0.610. The van der Waals surface area contributed by atoms with E-state index in [1.807, 2.05) is 29.6 Å². The van der Waals surface area contributed by atoms with Gasteiger partial charge in [-0.2, -0.15) is 0 Å². The lowest BCUT2D eigenvalue weighted by Crippen LogP contribution is -2.15. The van der Waals surface area contributed by atoms with Gasteiger partial charge in [0.05, 0.1) is 19.4 Å². The van der Waals surface area contributed by atoms with E-state index in [9.17, 15) is 4.79 Å². The van der Waals surface area contributed by atoms with Crippen LogP contribution in [-0.4, -0.2) is 39.0 Å². The number of rotatable bonds is 8. The molecule has 0 spiro atoms. The second kappa shape index (κ2) is 8.63. The first kappa shape index (κ1) is 17.4. The van der Waals surface area contributed by atoms with Crippen LogP contribution in [0.25, 0.3) is 0 Å². The van der Waals surface area contributed by atoms with Crippen LogP contribution in [0.5, 0.6) is 5.75 Å². The number of thioether (sulfide) groups is 1. The first-order valence-corrected chi connectivity index (χ1v) is 9.46. The fraction of sp³-hybridized carbons (Fsp3) is 0.250. The number of benzene rings is 1. The number of hydrogen-bond donors (Lipinski definition) is 1. The van der Waals surface area contributed by atoms with Crippen LogP contribution in [-0.2, 0) is 17.8 Å². The Hall–Kier alpha value is -2.39. The van der Waals surface area contributed by atoms with Gasteiger partial charge < -0.3 is 10.1 Å². The summed E-state index contributed by atoms with van der Waals surface area (Å²) in [5.74, 6) is 0.811. The number of amides is 1. The first-order valence-electron chi connectivity index (χ1n) is 7.60. The summed E-state index contributed by atoms with van der Waals surface area (Å²) in [5, 5.41) is 17.2. The van der Waals surface area contributed by atoms with E-state index in [-0.39, 0.29) is 11.7 Å². The zero-order valence-corrected chi connectivity index (χ0v) is 15.2. The maximum absolute atomic E-state index is 12.1. The topological polar surface area (TPSA) is 81.9 Å². The summed E-state index contributed by atoms with van der Waals surface area (Å²) in [7, 11) is 1.59. The molecule has 25 heavy (non-hydrogen) atoms. The van der Waals surface area contributed by atoms with Gasteiger partial charge in [-0.05, 0) is 34.0 Å². The zero-order valence-electron chi connectivity index (χ0n) is 13.6. The predicted octanol–water partition coefficient (Wildman–Crippen LogP) is 2.72. The van der Waals surface area contributed by atoms with Crippen LogP contribution >= 0.6 is 23.1 Å². The van der Waals surface area contributed by atoms with E-state index < -0.39 is 0 Å². The van der Waals surface area contributed by atoms with Crippen LogP contribution in [0.1, 0.15) is 4.88 Å². The number of aromatic nitrogens is 4. The summed E-state index contributed by atoms with van der Waals surface area (Å²) >= 11 is 3.03. The summed E-state index contributed by atoms with van der Waals surface area (Å²) in [6.07, 6.45) is 0.867. The Morgan fingerprint density at radius 1 is 1.36 bits per heavy atom. The number of ether oxygens (including phenoxy) is 1. The SMILES string of the molecule is COc1cccc(NC(=O)CSc2nnnn2CCc2cccs2)c1. The van der Waals surface area contributed by atoms with Crippen LogP contribution in [0.2, 0.25) is 0 Å². The number of aryl methyl sites for hydroxylation is 2. The normalized spacial score (nSPS) is 10.6. The van der Waals surface area contributed by atoms with Gasteiger partial charge in [0.2, 0.25) is 11.1 Å². The minimum atomic E-state index is -0.119. The van der Waals surface area contributed by atoms with Gasteiger partial charge >= 0.3 is 0 Å². The molecule has 9 heteroatoms. The molecular formula is C16H17N5O2S2. The van der Waals surface area contributed by atoms with Crippen molar-refractivity contribution in [3.05, 3.63) is 46.7 Å². The van der Waals surface area contributed by atoms with Gasteiger partial charge in [-0.1, -0.05) is 23.9 Å². The Morgan fingerprint density at radius 3 is 3.08 bits per heavy atom. The van der Waals surface area contributed by atoms with E-state index in [1.165, 1.54) is 16.6 Å². The van der Waals surface area contributed by atoms with Gasteiger partial charge in [0.1, 0.15) is 5.75 Å². The Bertz CT molecular complexity index is 820. The Labute approximate surface area is 153 Å². The highest BCUT2D eigenvalue weighted by atomic mass is 32.2. The molecule has 0 fully saturated rings. The summed E-state index contributed by atoms with van der Waals surface area (Å²) in [6, 6.07) is 11.4. The summed E-state index contributed by atoms with van der Waals surface area (Å²) in [6.45, 7) is 0.688. The number of nitrogens with one attached hydrogen (secondary N) is 1. The standard InChI is InChI=1S/C16H17N5O2S2/c1-23-13-5-2-4-12(10-13)17-15(22)11-25-16-18-19-20-21(16)8-7-14-6-3-9-24-14/h2-6,9-10H,7-8,11H2,1H3,(H,17,22). The summed E-state index contributed by atoms with van der Waals surface area (Å²) in [5.41, 5.74) is 0.697. The molecule has 1 N–H and O–H groups in total.